The maximum absolute atomic E-state index is 13.7. The van der Waals surface area contributed by atoms with Crippen molar-refractivity contribution in [3.05, 3.63) is 53.5 Å². The second-order valence-corrected chi connectivity index (χ2v) is 5.59. The zero-order valence-corrected chi connectivity index (χ0v) is 13.8. The molecule has 27 heavy (non-hydrogen) atoms. The van der Waals surface area contributed by atoms with Crippen LogP contribution in [0.25, 0.3) is 0 Å². The average molecular weight is 386 g/mol. The van der Waals surface area contributed by atoms with Crippen LogP contribution in [0, 0.1) is 5.82 Å². The first-order valence-electron chi connectivity index (χ1n) is 7.88. The maximum Gasteiger partial charge on any atom is 0.573 e. The van der Waals surface area contributed by atoms with Gasteiger partial charge in [0.05, 0.1) is 12.2 Å². The predicted molar refractivity (Wildman–Crippen MR) is 83.5 cm³/mol. The lowest BCUT2D eigenvalue weighted by Gasteiger charge is -2.24. The molecular formula is C17H14F4N2O4. The highest BCUT2D eigenvalue weighted by molar-refractivity contribution is 5.67. The largest absolute Gasteiger partial charge is 0.573 e. The minimum atomic E-state index is -4.99. The number of benzene rings is 1. The van der Waals surface area contributed by atoms with Crippen molar-refractivity contribution in [2.75, 3.05) is 6.61 Å². The quantitative estimate of drug-likeness (QED) is 0.808. The molecule has 2 aromatic rings. The first-order valence-corrected chi connectivity index (χ1v) is 7.88. The number of rotatable bonds is 4. The first-order chi connectivity index (χ1) is 12.8. The van der Waals surface area contributed by atoms with Gasteiger partial charge in [0.25, 0.3) is 0 Å². The number of aromatic nitrogens is 1. The minimum Gasteiger partial charge on any atom is -0.477 e. The van der Waals surface area contributed by atoms with E-state index in [1.165, 1.54) is 6.07 Å². The van der Waals surface area contributed by atoms with Crippen LogP contribution < -0.4 is 14.8 Å². The summed E-state index contributed by atoms with van der Waals surface area (Å²) in [4.78, 5) is 16.0. The number of alkyl halides is 3. The van der Waals surface area contributed by atoms with Gasteiger partial charge in [-0.3, -0.25) is 0 Å². The molecule has 3 rings (SSSR count). The third kappa shape index (κ3) is 4.99. The van der Waals surface area contributed by atoms with E-state index in [4.69, 9.17) is 9.47 Å². The third-order valence-corrected chi connectivity index (χ3v) is 3.67. The zero-order valence-electron chi connectivity index (χ0n) is 13.8. The summed E-state index contributed by atoms with van der Waals surface area (Å²) in [5, 5.41) is 2.42. The van der Waals surface area contributed by atoms with Gasteiger partial charge in [-0.15, -0.1) is 13.2 Å². The molecule has 144 valence electrons. The molecule has 0 radical (unpaired) electrons. The van der Waals surface area contributed by atoms with Gasteiger partial charge in [-0.1, -0.05) is 6.07 Å². The van der Waals surface area contributed by atoms with E-state index in [-0.39, 0.29) is 12.1 Å². The monoisotopic (exact) mass is 386 g/mol. The van der Waals surface area contributed by atoms with Crippen LogP contribution in [0.4, 0.5) is 22.4 Å². The van der Waals surface area contributed by atoms with E-state index in [9.17, 15) is 22.4 Å². The molecule has 0 bridgehead atoms. The lowest BCUT2D eigenvalue weighted by Crippen LogP contribution is -2.28. The molecule has 10 heteroatoms. The van der Waals surface area contributed by atoms with Gasteiger partial charge >= 0.3 is 12.5 Å². The van der Waals surface area contributed by atoms with Crippen molar-refractivity contribution >= 4 is 6.09 Å². The molecule has 1 aromatic heterocycles. The fraction of sp³-hybridized carbons (Fsp3) is 0.294. The molecule has 1 amide bonds. The number of nitrogens with one attached hydrogen (secondary N) is 1. The van der Waals surface area contributed by atoms with Crippen molar-refractivity contribution in [2.24, 2.45) is 0 Å². The number of alkyl carbamates (subject to hydrolysis) is 1. The summed E-state index contributed by atoms with van der Waals surface area (Å²) < 4.78 is 64.3. The number of halogens is 4. The summed E-state index contributed by atoms with van der Waals surface area (Å²) in [5.74, 6) is -1.74. The lowest BCUT2D eigenvalue weighted by atomic mass is 10.1. The topological polar surface area (TPSA) is 69.7 Å². The first kappa shape index (κ1) is 18.7. The Morgan fingerprint density at radius 3 is 2.89 bits per heavy atom. The van der Waals surface area contributed by atoms with Gasteiger partial charge in [-0.05, 0) is 29.8 Å². The Kier molecular flexibility index (Phi) is 5.33. The Hall–Kier alpha value is -3.04. The van der Waals surface area contributed by atoms with E-state index in [1.54, 1.807) is 18.3 Å². The highest BCUT2D eigenvalue weighted by Crippen LogP contribution is 2.32. The SMILES string of the molecule is O=C(NCc1ccc(OC(F)(F)F)c(F)c1)OC1CCOc2ncccc21. The van der Waals surface area contributed by atoms with Crippen LogP contribution in [0.15, 0.2) is 36.5 Å². The number of nitrogens with zero attached hydrogens (tertiary/aromatic N) is 1. The predicted octanol–water partition coefficient (Wildman–Crippen LogP) is 3.87. The van der Waals surface area contributed by atoms with Crippen LogP contribution in [0.3, 0.4) is 0 Å². The van der Waals surface area contributed by atoms with Crippen molar-refractivity contribution in [3.8, 4) is 11.6 Å². The van der Waals surface area contributed by atoms with E-state index in [0.29, 0.717) is 24.5 Å². The molecule has 2 heterocycles. The number of hydrogen-bond acceptors (Lipinski definition) is 5. The molecule has 0 saturated heterocycles. The molecule has 0 aliphatic carbocycles. The molecule has 1 unspecified atom stereocenters. The number of pyridine rings is 1. The highest BCUT2D eigenvalue weighted by Gasteiger charge is 2.32. The lowest BCUT2D eigenvalue weighted by molar-refractivity contribution is -0.275. The summed E-state index contributed by atoms with van der Waals surface area (Å²) >= 11 is 0. The van der Waals surface area contributed by atoms with E-state index in [0.717, 1.165) is 12.1 Å². The molecule has 1 aromatic carbocycles. The van der Waals surface area contributed by atoms with Crippen molar-refractivity contribution < 1.29 is 36.6 Å². The molecule has 1 N–H and O–H groups in total. The Labute approximate surface area is 151 Å². The number of carbonyl (C=O) groups is 1. The minimum absolute atomic E-state index is 0.134. The fourth-order valence-electron chi connectivity index (χ4n) is 2.52. The maximum atomic E-state index is 13.7. The van der Waals surface area contributed by atoms with Crippen molar-refractivity contribution in [3.63, 3.8) is 0 Å². The normalized spacial score (nSPS) is 16.1. The summed E-state index contributed by atoms with van der Waals surface area (Å²) in [5.41, 5.74) is 0.881. The molecule has 0 saturated carbocycles. The smallest absolute Gasteiger partial charge is 0.477 e. The Morgan fingerprint density at radius 2 is 2.15 bits per heavy atom. The van der Waals surface area contributed by atoms with E-state index >= 15 is 0 Å². The molecule has 0 spiro atoms. The second kappa shape index (κ2) is 7.68. The van der Waals surface area contributed by atoms with Gasteiger partial charge < -0.3 is 19.5 Å². The van der Waals surface area contributed by atoms with Crippen LogP contribution in [-0.2, 0) is 11.3 Å². The van der Waals surface area contributed by atoms with Crippen molar-refractivity contribution in [2.45, 2.75) is 25.4 Å². The second-order valence-electron chi connectivity index (χ2n) is 5.59. The Balaban J connectivity index is 1.56. The summed E-state index contributed by atoms with van der Waals surface area (Å²) in [6, 6.07) is 6.31. The zero-order chi connectivity index (χ0) is 19.4. The summed E-state index contributed by atoms with van der Waals surface area (Å²) in [6.07, 6.45) is -4.28. The number of ether oxygens (including phenoxy) is 3. The fourth-order valence-corrected chi connectivity index (χ4v) is 2.52. The summed E-state index contributed by atoms with van der Waals surface area (Å²) in [6.45, 7) is 0.207. The molecule has 1 aliphatic rings. The van der Waals surface area contributed by atoms with Gasteiger partial charge in [0.2, 0.25) is 5.88 Å². The Bertz CT molecular complexity index is 829. The molecule has 1 atom stereocenters. The van der Waals surface area contributed by atoms with Crippen LogP contribution in [0.1, 0.15) is 23.7 Å². The van der Waals surface area contributed by atoms with E-state index in [1.807, 2.05) is 0 Å². The third-order valence-electron chi connectivity index (χ3n) is 3.67. The standard InChI is InChI=1S/C17H14F4N2O4/c18-12-8-10(3-4-14(12)27-17(19,20)21)9-23-16(24)26-13-5-7-25-15-11(13)2-1-6-22-15/h1-4,6,8,13H,5,7,9H2,(H,23,24). The van der Waals surface area contributed by atoms with Crippen LogP contribution in [-0.4, -0.2) is 24.0 Å². The van der Waals surface area contributed by atoms with Gasteiger partial charge in [0.1, 0.15) is 6.10 Å². The van der Waals surface area contributed by atoms with E-state index < -0.39 is 30.1 Å². The van der Waals surface area contributed by atoms with Gasteiger partial charge in [-0.2, -0.15) is 0 Å². The highest BCUT2D eigenvalue weighted by atomic mass is 19.4. The number of amides is 1. The van der Waals surface area contributed by atoms with Crippen LogP contribution in [0.2, 0.25) is 0 Å². The molecule has 6 nitrogen and oxygen atoms in total. The number of hydrogen-bond donors (Lipinski definition) is 1. The number of fused-ring (bicyclic) bond motifs is 1. The molecular weight excluding hydrogens is 372 g/mol. The van der Waals surface area contributed by atoms with E-state index in [2.05, 4.69) is 15.0 Å². The summed E-state index contributed by atoms with van der Waals surface area (Å²) in [7, 11) is 0. The number of carbonyl (C=O) groups excluding carboxylic acids is 1. The van der Waals surface area contributed by atoms with Crippen LogP contribution >= 0.6 is 0 Å². The van der Waals surface area contributed by atoms with Gasteiger partial charge in [0.15, 0.2) is 11.6 Å². The average Bonchev–Trinajstić information content (AvgIpc) is 2.61. The Morgan fingerprint density at radius 1 is 1.33 bits per heavy atom. The van der Waals surface area contributed by atoms with Gasteiger partial charge in [0, 0.05) is 19.2 Å². The van der Waals surface area contributed by atoms with Crippen molar-refractivity contribution in [1.29, 1.82) is 0 Å². The molecule has 0 fully saturated rings. The van der Waals surface area contributed by atoms with Crippen molar-refractivity contribution in [1.82, 2.24) is 10.3 Å². The van der Waals surface area contributed by atoms with Crippen LogP contribution in [0.5, 0.6) is 11.6 Å². The molecule has 1 aliphatic heterocycles. The van der Waals surface area contributed by atoms with Gasteiger partial charge in [-0.25, -0.2) is 14.2 Å².